The number of aromatic nitrogens is 3. The molecule has 0 atom stereocenters. The van der Waals surface area contributed by atoms with E-state index in [0.29, 0.717) is 11.6 Å². The molecule has 0 radical (unpaired) electrons. The fourth-order valence-corrected chi connectivity index (χ4v) is 3.49. The van der Waals surface area contributed by atoms with Gasteiger partial charge in [-0.3, -0.25) is 10.1 Å². The van der Waals surface area contributed by atoms with E-state index >= 15 is 0 Å². The van der Waals surface area contributed by atoms with Gasteiger partial charge in [0, 0.05) is 29.1 Å². The molecule has 0 unspecified atom stereocenters. The molecule has 156 valence electrons. The van der Waals surface area contributed by atoms with E-state index in [0.717, 1.165) is 33.6 Å². The Kier molecular flexibility index (Phi) is 4.72. The van der Waals surface area contributed by atoms with Crippen molar-refractivity contribution in [2.24, 2.45) is 0 Å². The molecule has 5 rings (SSSR count). The summed E-state index contributed by atoms with van der Waals surface area (Å²) in [6, 6.07) is 25.6. The van der Waals surface area contributed by atoms with Crippen LogP contribution in [0.1, 0.15) is 0 Å². The summed E-state index contributed by atoms with van der Waals surface area (Å²) >= 11 is 0. The fourth-order valence-electron chi connectivity index (χ4n) is 3.49. The molecule has 0 spiro atoms. The van der Waals surface area contributed by atoms with Crippen molar-refractivity contribution in [3.8, 4) is 22.4 Å². The van der Waals surface area contributed by atoms with Crippen molar-refractivity contribution in [3.63, 3.8) is 0 Å². The Bertz CT molecular complexity index is 1430. The molecule has 3 N–H and O–H groups in total. The molecule has 0 aliphatic carbocycles. The summed E-state index contributed by atoms with van der Waals surface area (Å²) < 4.78 is 1.73. The number of nitrogen functional groups attached to an aromatic ring is 1. The summed E-state index contributed by atoms with van der Waals surface area (Å²) in [4.78, 5) is 15.4. The first-order valence-corrected chi connectivity index (χ1v) is 9.89. The molecular formula is C24H18N6O2. The van der Waals surface area contributed by atoms with Crippen molar-refractivity contribution in [3.05, 3.63) is 101 Å². The Hall–Kier alpha value is -4.72. The van der Waals surface area contributed by atoms with E-state index in [-0.39, 0.29) is 5.69 Å². The maximum Gasteiger partial charge on any atom is 0.270 e. The number of rotatable bonds is 5. The number of nitrogens with one attached hydrogen (secondary N) is 1. The second-order valence-corrected chi connectivity index (χ2v) is 7.26. The highest BCUT2D eigenvalue weighted by molar-refractivity contribution is 5.73. The Balaban J connectivity index is 1.50. The average Bonchev–Trinajstić information content (AvgIpc) is 3.30. The van der Waals surface area contributed by atoms with E-state index < -0.39 is 4.92 Å². The van der Waals surface area contributed by atoms with Crippen molar-refractivity contribution >= 4 is 28.5 Å². The smallest absolute Gasteiger partial charge is 0.270 e. The lowest BCUT2D eigenvalue weighted by atomic mass is 10.0. The maximum absolute atomic E-state index is 11.1. The van der Waals surface area contributed by atoms with Gasteiger partial charge in [-0.25, -0.2) is 9.50 Å². The highest BCUT2D eigenvalue weighted by Crippen LogP contribution is 2.28. The fraction of sp³-hybridized carbons (Fsp3) is 0. The third-order valence-electron chi connectivity index (χ3n) is 5.12. The minimum atomic E-state index is -0.391. The molecule has 0 fully saturated rings. The van der Waals surface area contributed by atoms with Crippen LogP contribution in [0.3, 0.4) is 0 Å². The van der Waals surface area contributed by atoms with Gasteiger partial charge in [0.1, 0.15) is 0 Å². The molecular weight excluding hydrogens is 404 g/mol. The minimum Gasteiger partial charge on any atom is -0.399 e. The molecule has 8 nitrogen and oxygen atoms in total. The number of fused-ring (bicyclic) bond motifs is 1. The van der Waals surface area contributed by atoms with Crippen LogP contribution in [0.5, 0.6) is 0 Å². The molecule has 0 aliphatic rings. The number of non-ortho nitro benzene ring substituents is 1. The molecule has 0 bridgehead atoms. The number of hydrogen-bond acceptors (Lipinski definition) is 6. The summed E-state index contributed by atoms with van der Waals surface area (Å²) in [7, 11) is 0. The predicted molar refractivity (Wildman–Crippen MR) is 125 cm³/mol. The molecule has 0 aliphatic heterocycles. The SMILES string of the molecule is Nc1ccc(Nc2nc(-c3ccc(-c4cccc([N+](=O)[O-])c4)cc3)cc3ccnn23)cc1. The number of anilines is 3. The van der Waals surface area contributed by atoms with Gasteiger partial charge in [0.25, 0.3) is 5.69 Å². The van der Waals surface area contributed by atoms with Crippen molar-refractivity contribution in [1.29, 1.82) is 0 Å². The van der Waals surface area contributed by atoms with Gasteiger partial charge in [-0.1, -0.05) is 36.4 Å². The van der Waals surface area contributed by atoms with Gasteiger partial charge in [-0.15, -0.1) is 0 Å². The van der Waals surface area contributed by atoms with Crippen molar-refractivity contribution < 1.29 is 4.92 Å². The predicted octanol–water partition coefficient (Wildman–Crippen LogP) is 5.30. The van der Waals surface area contributed by atoms with Gasteiger partial charge in [-0.2, -0.15) is 5.10 Å². The number of benzene rings is 3. The van der Waals surface area contributed by atoms with Crippen molar-refractivity contribution in [2.75, 3.05) is 11.1 Å². The van der Waals surface area contributed by atoms with Crippen LogP contribution < -0.4 is 11.1 Å². The zero-order chi connectivity index (χ0) is 22.1. The van der Waals surface area contributed by atoms with Gasteiger partial charge in [0.2, 0.25) is 5.95 Å². The summed E-state index contributed by atoms with van der Waals surface area (Å²) in [6.07, 6.45) is 1.72. The second-order valence-electron chi connectivity index (χ2n) is 7.26. The Morgan fingerprint density at radius 1 is 0.875 bits per heavy atom. The highest BCUT2D eigenvalue weighted by Gasteiger charge is 2.11. The van der Waals surface area contributed by atoms with Crippen LogP contribution in [-0.4, -0.2) is 19.5 Å². The van der Waals surface area contributed by atoms with Crippen LogP contribution >= 0.6 is 0 Å². The lowest BCUT2D eigenvalue weighted by Crippen LogP contribution is -2.04. The number of nitro groups is 1. The second kappa shape index (κ2) is 7.84. The third-order valence-corrected chi connectivity index (χ3v) is 5.12. The van der Waals surface area contributed by atoms with Gasteiger partial charge in [0.15, 0.2) is 0 Å². The minimum absolute atomic E-state index is 0.0674. The number of hydrogen-bond donors (Lipinski definition) is 2. The van der Waals surface area contributed by atoms with Crippen molar-refractivity contribution in [1.82, 2.24) is 14.6 Å². The van der Waals surface area contributed by atoms with E-state index in [2.05, 4.69) is 10.4 Å². The molecule has 32 heavy (non-hydrogen) atoms. The molecule has 2 heterocycles. The van der Waals surface area contributed by atoms with Crippen LogP contribution in [0.15, 0.2) is 91.1 Å². The van der Waals surface area contributed by atoms with Crippen molar-refractivity contribution in [2.45, 2.75) is 0 Å². The van der Waals surface area contributed by atoms with E-state index in [4.69, 9.17) is 10.7 Å². The van der Waals surface area contributed by atoms with Crippen LogP contribution in [-0.2, 0) is 0 Å². The first kappa shape index (κ1) is 19.3. The summed E-state index contributed by atoms with van der Waals surface area (Å²) in [5.74, 6) is 0.579. The molecule has 0 amide bonds. The normalized spacial score (nSPS) is 10.9. The van der Waals surface area contributed by atoms with Crippen LogP contribution in [0.4, 0.5) is 23.0 Å². The lowest BCUT2D eigenvalue weighted by molar-refractivity contribution is -0.384. The van der Waals surface area contributed by atoms with Gasteiger partial charge in [-0.05, 0) is 47.5 Å². The standard InChI is InChI=1S/C24H18N6O2/c25-19-8-10-20(11-9-19)27-24-28-23(15-21-12-13-26-29(21)24)17-6-4-16(5-7-17)18-2-1-3-22(14-18)30(31)32/h1-15H,25H2,(H,27,28). The quantitative estimate of drug-likeness (QED) is 0.226. The summed E-state index contributed by atoms with van der Waals surface area (Å²) in [6.45, 7) is 0. The van der Waals surface area contributed by atoms with Crippen LogP contribution in [0.25, 0.3) is 27.9 Å². The first-order valence-electron chi connectivity index (χ1n) is 9.89. The van der Waals surface area contributed by atoms with Crippen LogP contribution in [0.2, 0.25) is 0 Å². The largest absolute Gasteiger partial charge is 0.399 e. The number of nitro benzene ring substituents is 1. The molecule has 2 aromatic heterocycles. The summed E-state index contributed by atoms with van der Waals surface area (Å²) in [5, 5.41) is 18.7. The summed E-state index contributed by atoms with van der Waals surface area (Å²) in [5.41, 5.74) is 11.7. The average molecular weight is 422 g/mol. The lowest BCUT2D eigenvalue weighted by Gasteiger charge is -2.11. The molecule has 5 aromatic rings. The van der Waals surface area contributed by atoms with Gasteiger partial charge in [0.05, 0.1) is 22.3 Å². The third kappa shape index (κ3) is 3.72. The molecule has 0 saturated carbocycles. The maximum atomic E-state index is 11.1. The number of nitrogens with zero attached hydrogens (tertiary/aromatic N) is 4. The van der Waals surface area contributed by atoms with Gasteiger partial charge < -0.3 is 11.1 Å². The Morgan fingerprint density at radius 3 is 2.38 bits per heavy atom. The monoisotopic (exact) mass is 422 g/mol. The molecule has 3 aromatic carbocycles. The van der Waals surface area contributed by atoms with E-state index in [9.17, 15) is 10.1 Å². The highest BCUT2D eigenvalue weighted by atomic mass is 16.6. The zero-order valence-corrected chi connectivity index (χ0v) is 16.8. The van der Waals surface area contributed by atoms with E-state index in [1.807, 2.05) is 66.7 Å². The topological polar surface area (TPSA) is 111 Å². The van der Waals surface area contributed by atoms with Gasteiger partial charge >= 0.3 is 0 Å². The molecule has 8 heteroatoms. The zero-order valence-electron chi connectivity index (χ0n) is 16.8. The van der Waals surface area contributed by atoms with E-state index in [1.165, 1.54) is 6.07 Å². The number of nitrogens with two attached hydrogens (primary N) is 1. The Labute approximate surface area is 183 Å². The molecule has 0 saturated heterocycles. The van der Waals surface area contributed by atoms with Crippen LogP contribution in [0, 0.1) is 10.1 Å². The first-order chi connectivity index (χ1) is 15.6. The Morgan fingerprint density at radius 2 is 1.62 bits per heavy atom. The van der Waals surface area contributed by atoms with E-state index in [1.54, 1.807) is 22.8 Å².